The maximum atomic E-state index is 12.5. The lowest BCUT2D eigenvalue weighted by molar-refractivity contribution is -0.141. The largest absolute Gasteiger partial charge is 0.490 e. The molecule has 0 amide bonds. The number of sulfonamides is 1. The molecule has 26 heavy (non-hydrogen) atoms. The van der Waals surface area contributed by atoms with Crippen LogP contribution in [0.3, 0.4) is 0 Å². The summed E-state index contributed by atoms with van der Waals surface area (Å²) >= 11 is 0. The van der Waals surface area contributed by atoms with Gasteiger partial charge in [0.25, 0.3) is 0 Å². The van der Waals surface area contributed by atoms with Crippen molar-refractivity contribution in [3.8, 4) is 11.5 Å². The summed E-state index contributed by atoms with van der Waals surface area (Å²) in [6.07, 6.45) is -2.70. The van der Waals surface area contributed by atoms with Gasteiger partial charge >= 0.3 is 6.18 Å². The van der Waals surface area contributed by atoms with Gasteiger partial charge in [-0.3, -0.25) is 4.68 Å². The molecule has 1 aromatic heterocycles. The average Bonchev–Trinajstić information content (AvgIpc) is 2.92. The molecule has 1 aliphatic rings. The number of hydrogen-bond acceptors (Lipinski definition) is 5. The molecule has 142 valence electrons. The van der Waals surface area contributed by atoms with Gasteiger partial charge in [0.05, 0.1) is 24.7 Å². The standard InChI is InChI=1S/C15H16F3N3O4S/c16-15(17,18)14-4-6-21(20-14)7-5-19-26(22,23)11-2-3-12-13(10-11)25-9-1-8-24-12/h2-4,6,10,19H,1,5,7-9H2. The number of rotatable bonds is 5. The maximum Gasteiger partial charge on any atom is 0.435 e. The Morgan fingerprint density at radius 2 is 1.88 bits per heavy atom. The lowest BCUT2D eigenvalue weighted by Crippen LogP contribution is -2.27. The Labute approximate surface area is 147 Å². The second-order valence-corrected chi connectivity index (χ2v) is 7.29. The van der Waals surface area contributed by atoms with Crippen LogP contribution < -0.4 is 14.2 Å². The summed E-state index contributed by atoms with van der Waals surface area (Å²) in [6.45, 7) is 0.752. The Kier molecular flexibility index (Phi) is 5.10. The molecule has 1 aliphatic heterocycles. The minimum Gasteiger partial charge on any atom is -0.490 e. The van der Waals surface area contributed by atoms with Gasteiger partial charge in [-0.1, -0.05) is 0 Å². The average molecular weight is 391 g/mol. The minimum atomic E-state index is -4.53. The van der Waals surface area contributed by atoms with E-state index < -0.39 is 21.9 Å². The topological polar surface area (TPSA) is 82.5 Å². The Morgan fingerprint density at radius 1 is 1.15 bits per heavy atom. The summed E-state index contributed by atoms with van der Waals surface area (Å²) in [5.41, 5.74) is -1.02. The van der Waals surface area contributed by atoms with Crippen LogP contribution in [0.4, 0.5) is 13.2 Å². The Morgan fingerprint density at radius 3 is 2.58 bits per heavy atom. The van der Waals surface area contributed by atoms with Gasteiger partial charge in [0, 0.05) is 25.2 Å². The summed E-state index contributed by atoms with van der Waals surface area (Å²) in [4.78, 5) is -0.0156. The number of aromatic nitrogens is 2. The van der Waals surface area contributed by atoms with Crippen molar-refractivity contribution < 1.29 is 31.1 Å². The fraction of sp³-hybridized carbons (Fsp3) is 0.400. The third-order valence-corrected chi connectivity index (χ3v) is 5.05. The fourth-order valence-corrected chi connectivity index (χ4v) is 3.36. The highest BCUT2D eigenvalue weighted by Gasteiger charge is 2.33. The summed E-state index contributed by atoms with van der Waals surface area (Å²) in [5.74, 6) is 0.810. The zero-order valence-electron chi connectivity index (χ0n) is 13.5. The van der Waals surface area contributed by atoms with E-state index in [1.807, 2.05) is 0 Å². The lowest BCUT2D eigenvalue weighted by atomic mass is 10.3. The monoisotopic (exact) mass is 391 g/mol. The van der Waals surface area contributed by atoms with Gasteiger partial charge in [-0.15, -0.1) is 0 Å². The predicted octanol–water partition coefficient (Wildman–Crippen LogP) is 2.04. The molecule has 2 heterocycles. The zero-order valence-corrected chi connectivity index (χ0v) is 14.3. The first kappa shape index (κ1) is 18.5. The third-order valence-electron chi connectivity index (χ3n) is 3.59. The van der Waals surface area contributed by atoms with Crippen molar-refractivity contribution in [2.45, 2.75) is 24.0 Å². The van der Waals surface area contributed by atoms with Crippen LogP contribution in [0.25, 0.3) is 0 Å². The minimum absolute atomic E-state index is 0.0156. The number of alkyl halides is 3. The summed E-state index contributed by atoms with van der Waals surface area (Å²) in [6, 6.07) is 5.08. The van der Waals surface area contributed by atoms with Crippen LogP contribution >= 0.6 is 0 Å². The van der Waals surface area contributed by atoms with Crippen LogP contribution in [-0.2, 0) is 22.7 Å². The van der Waals surface area contributed by atoms with Gasteiger partial charge in [0.2, 0.25) is 10.0 Å². The molecule has 11 heteroatoms. The normalized spacial score (nSPS) is 14.9. The molecule has 7 nitrogen and oxygen atoms in total. The molecular weight excluding hydrogens is 375 g/mol. The Hall–Kier alpha value is -2.27. The van der Waals surface area contributed by atoms with Crippen molar-refractivity contribution in [1.82, 2.24) is 14.5 Å². The van der Waals surface area contributed by atoms with Crippen molar-refractivity contribution >= 4 is 10.0 Å². The van der Waals surface area contributed by atoms with E-state index in [1.54, 1.807) is 0 Å². The van der Waals surface area contributed by atoms with E-state index in [-0.39, 0.29) is 18.0 Å². The van der Waals surface area contributed by atoms with E-state index in [0.29, 0.717) is 31.1 Å². The molecule has 0 aliphatic carbocycles. The number of nitrogens with zero attached hydrogens (tertiary/aromatic N) is 2. The SMILES string of the molecule is O=S(=O)(NCCn1ccc(C(F)(F)F)n1)c1ccc2c(c1)OCCCO2. The molecule has 0 spiro atoms. The van der Waals surface area contributed by atoms with Crippen molar-refractivity contribution in [1.29, 1.82) is 0 Å². The number of benzene rings is 1. The summed E-state index contributed by atoms with van der Waals surface area (Å²) in [5, 5.41) is 3.36. The number of halogens is 3. The van der Waals surface area contributed by atoms with Crippen LogP contribution in [0.15, 0.2) is 35.4 Å². The molecule has 0 unspecified atom stereocenters. The van der Waals surface area contributed by atoms with E-state index in [2.05, 4.69) is 9.82 Å². The van der Waals surface area contributed by atoms with Gasteiger partial charge in [-0.05, 0) is 18.2 Å². The quantitative estimate of drug-likeness (QED) is 0.844. The molecule has 3 rings (SSSR count). The molecule has 1 N–H and O–H groups in total. The molecule has 1 aromatic carbocycles. The highest BCUT2D eigenvalue weighted by molar-refractivity contribution is 7.89. The zero-order chi connectivity index (χ0) is 18.8. The van der Waals surface area contributed by atoms with Gasteiger partial charge < -0.3 is 9.47 Å². The van der Waals surface area contributed by atoms with Crippen molar-refractivity contribution in [2.75, 3.05) is 19.8 Å². The first-order valence-electron chi connectivity index (χ1n) is 7.76. The summed E-state index contributed by atoms with van der Waals surface area (Å²) < 4.78 is 76.4. The molecule has 0 bridgehead atoms. The number of fused-ring (bicyclic) bond motifs is 1. The fourth-order valence-electron chi connectivity index (χ4n) is 2.33. The van der Waals surface area contributed by atoms with Crippen molar-refractivity contribution in [3.63, 3.8) is 0 Å². The first-order valence-corrected chi connectivity index (χ1v) is 9.24. The van der Waals surface area contributed by atoms with E-state index in [9.17, 15) is 21.6 Å². The molecule has 0 saturated carbocycles. The lowest BCUT2D eigenvalue weighted by Gasteiger charge is -2.11. The first-order chi connectivity index (χ1) is 12.3. The van der Waals surface area contributed by atoms with E-state index >= 15 is 0 Å². The molecule has 0 atom stereocenters. The second kappa shape index (κ2) is 7.16. The smallest absolute Gasteiger partial charge is 0.435 e. The van der Waals surface area contributed by atoms with E-state index in [0.717, 1.165) is 16.9 Å². The van der Waals surface area contributed by atoms with E-state index in [1.165, 1.54) is 18.2 Å². The van der Waals surface area contributed by atoms with Crippen molar-refractivity contribution in [2.24, 2.45) is 0 Å². The predicted molar refractivity (Wildman–Crippen MR) is 84.5 cm³/mol. The second-order valence-electron chi connectivity index (χ2n) is 5.52. The number of hydrogen-bond donors (Lipinski definition) is 1. The van der Waals surface area contributed by atoms with Crippen LogP contribution in [0.2, 0.25) is 0 Å². The van der Waals surface area contributed by atoms with Crippen LogP contribution in [0.1, 0.15) is 12.1 Å². The van der Waals surface area contributed by atoms with Crippen LogP contribution in [0.5, 0.6) is 11.5 Å². The van der Waals surface area contributed by atoms with Gasteiger partial charge in [0.15, 0.2) is 17.2 Å². The van der Waals surface area contributed by atoms with E-state index in [4.69, 9.17) is 9.47 Å². The molecule has 0 radical (unpaired) electrons. The number of nitrogens with one attached hydrogen (secondary N) is 1. The highest BCUT2D eigenvalue weighted by Crippen LogP contribution is 2.31. The Bertz CT molecular complexity index is 881. The van der Waals surface area contributed by atoms with Gasteiger partial charge in [0.1, 0.15) is 0 Å². The molecule has 0 fully saturated rings. The van der Waals surface area contributed by atoms with Crippen molar-refractivity contribution in [3.05, 3.63) is 36.2 Å². The van der Waals surface area contributed by atoms with Gasteiger partial charge in [-0.25, -0.2) is 13.1 Å². The third kappa shape index (κ3) is 4.28. The molecule has 0 saturated heterocycles. The Balaban J connectivity index is 1.64. The van der Waals surface area contributed by atoms with Gasteiger partial charge in [-0.2, -0.15) is 18.3 Å². The summed E-state index contributed by atoms with van der Waals surface area (Å²) in [7, 11) is -3.85. The highest BCUT2D eigenvalue weighted by atomic mass is 32.2. The number of ether oxygens (including phenoxy) is 2. The van der Waals surface area contributed by atoms with Crippen LogP contribution in [0, 0.1) is 0 Å². The maximum absolute atomic E-state index is 12.5. The van der Waals surface area contributed by atoms with Crippen LogP contribution in [-0.4, -0.2) is 38.0 Å². The molecular formula is C15H16F3N3O4S. The molecule has 2 aromatic rings.